The van der Waals surface area contributed by atoms with Gasteiger partial charge in [0.25, 0.3) is 3.79 Å². The molecule has 0 radical (unpaired) electrons. The van der Waals surface area contributed by atoms with Crippen LogP contribution in [0.2, 0.25) is 54.4 Å². The molecule has 0 amide bonds. The van der Waals surface area contributed by atoms with Crippen LogP contribution in [0.15, 0.2) is 0 Å². The molecule has 0 aromatic rings. The van der Waals surface area contributed by atoms with Crippen molar-refractivity contribution in [3.8, 4) is 0 Å². The number of alkyl halides is 3. The van der Waals surface area contributed by atoms with Crippen molar-refractivity contribution in [1.29, 1.82) is 5.41 Å². The molecule has 0 bridgehead atoms. The first-order chi connectivity index (χ1) is 16.0. The molecule has 0 aliphatic carbocycles. The third kappa shape index (κ3) is 9.16. The van der Waals surface area contributed by atoms with Crippen LogP contribution in [0, 0.1) is 5.41 Å². The molecular formula is C25H52Cl3NO5Si3. The molecule has 12 heteroatoms. The van der Waals surface area contributed by atoms with Crippen molar-refractivity contribution >= 4 is 65.7 Å². The fourth-order valence-electron chi connectivity index (χ4n) is 2.91. The van der Waals surface area contributed by atoms with E-state index in [4.69, 9.17) is 63.0 Å². The largest absolute Gasteiger partial charge is 0.445 e. The summed E-state index contributed by atoms with van der Waals surface area (Å²) in [4.78, 5) is 0. The second-order valence-electron chi connectivity index (χ2n) is 14.7. The minimum absolute atomic E-state index is 0.0337. The van der Waals surface area contributed by atoms with Crippen LogP contribution in [0.3, 0.4) is 0 Å². The molecule has 0 aromatic carbocycles. The summed E-state index contributed by atoms with van der Waals surface area (Å²) in [6.07, 6.45) is -2.52. The molecule has 1 N–H and O–H groups in total. The lowest BCUT2D eigenvalue weighted by atomic mass is 10.1. The Labute approximate surface area is 244 Å². The Morgan fingerprint density at radius 2 is 1.08 bits per heavy atom. The Balaban J connectivity index is 3.54. The van der Waals surface area contributed by atoms with Crippen LogP contribution in [-0.2, 0) is 22.8 Å². The van der Waals surface area contributed by atoms with Crippen molar-refractivity contribution < 1.29 is 22.8 Å². The summed E-state index contributed by atoms with van der Waals surface area (Å²) < 4.78 is 30.8. The van der Waals surface area contributed by atoms with E-state index in [9.17, 15) is 0 Å². The average molecular weight is 637 g/mol. The molecule has 0 saturated carbocycles. The number of ether oxygens (including phenoxy) is 2. The molecule has 1 fully saturated rings. The van der Waals surface area contributed by atoms with E-state index in [0.717, 1.165) is 0 Å². The molecule has 1 aliphatic rings. The normalized spacial score (nSPS) is 24.9. The number of halogens is 3. The van der Waals surface area contributed by atoms with Gasteiger partial charge < -0.3 is 22.8 Å². The summed E-state index contributed by atoms with van der Waals surface area (Å²) in [5.41, 5.74) is 0. The molecule has 1 saturated heterocycles. The van der Waals surface area contributed by atoms with Gasteiger partial charge in [-0.1, -0.05) is 97.1 Å². The van der Waals surface area contributed by atoms with E-state index in [1.807, 2.05) is 0 Å². The van der Waals surface area contributed by atoms with Crippen LogP contribution < -0.4 is 0 Å². The number of hydrogen-bond donors (Lipinski definition) is 1. The molecule has 4 atom stereocenters. The first-order valence-corrected chi connectivity index (χ1v) is 22.9. The summed E-state index contributed by atoms with van der Waals surface area (Å²) in [6, 6.07) is 0. The highest BCUT2D eigenvalue weighted by Crippen LogP contribution is 2.45. The predicted octanol–water partition coefficient (Wildman–Crippen LogP) is 8.88. The van der Waals surface area contributed by atoms with E-state index in [2.05, 4.69) is 102 Å². The summed E-state index contributed by atoms with van der Waals surface area (Å²) in [6.45, 7) is 33.3. The summed E-state index contributed by atoms with van der Waals surface area (Å²) >= 11 is 17.9. The SMILES string of the molecule is CC(C)(C)[Si](C)(C)OC[C@@H]1O[C@@H](OC(=N)C(Cl)(Cl)Cl)C(O[Si](C)(C)C(C)(C)C)C1O[Si](C)(C)C(C)(C)C. The fourth-order valence-corrected chi connectivity index (χ4v) is 6.66. The average Bonchev–Trinajstić information content (AvgIpc) is 2.92. The molecule has 37 heavy (non-hydrogen) atoms. The van der Waals surface area contributed by atoms with Gasteiger partial charge in [-0.2, -0.15) is 0 Å². The topological polar surface area (TPSA) is 70.0 Å². The monoisotopic (exact) mass is 635 g/mol. The Bertz CT molecular complexity index is 799. The Kier molecular flexibility index (Phi) is 11.2. The molecule has 1 heterocycles. The molecule has 6 nitrogen and oxygen atoms in total. The van der Waals surface area contributed by atoms with Crippen molar-refractivity contribution in [2.45, 2.75) is 145 Å². The Morgan fingerprint density at radius 1 is 0.703 bits per heavy atom. The highest BCUT2D eigenvalue weighted by Gasteiger charge is 2.56. The van der Waals surface area contributed by atoms with Crippen molar-refractivity contribution in [2.75, 3.05) is 6.61 Å². The molecule has 1 rings (SSSR count). The van der Waals surface area contributed by atoms with Gasteiger partial charge in [0.1, 0.15) is 18.3 Å². The van der Waals surface area contributed by atoms with E-state index < -0.39 is 59.2 Å². The number of rotatable bonds is 8. The lowest BCUT2D eigenvalue weighted by molar-refractivity contribution is -0.121. The van der Waals surface area contributed by atoms with Gasteiger partial charge in [0.15, 0.2) is 25.0 Å². The van der Waals surface area contributed by atoms with E-state index in [0.29, 0.717) is 6.61 Å². The standard InChI is InChI=1S/C25H52Cl3NO5Si3/c1-22(2,3)35(10,11)30-16-17-18(33-36(12,13)23(4,5)6)19(34-37(14,15)24(7,8)9)20(31-17)32-21(29)25(26,27)28/h17-20,29H,16H2,1-15H3/t17-,18?,19?,20-/m0/s1. The van der Waals surface area contributed by atoms with E-state index in [1.165, 1.54) is 0 Å². The lowest BCUT2D eigenvalue weighted by Gasteiger charge is -2.44. The van der Waals surface area contributed by atoms with Gasteiger partial charge in [-0.05, 0) is 54.4 Å². The second-order valence-corrected chi connectivity index (χ2v) is 31.3. The van der Waals surface area contributed by atoms with E-state index >= 15 is 0 Å². The lowest BCUT2D eigenvalue weighted by Crippen LogP contribution is -2.55. The van der Waals surface area contributed by atoms with Crippen molar-refractivity contribution in [1.82, 2.24) is 0 Å². The summed E-state index contributed by atoms with van der Waals surface area (Å²) in [5.74, 6) is -0.511. The summed E-state index contributed by atoms with van der Waals surface area (Å²) in [5, 5.41) is 8.17. The molecule has 220 valence electrons. The summed E-state index contributed by atoms with van der Waals surface area (Å²) in [7, 11) is -6.67. The fraction of sp³-hybridized carbons (Fsp3) is 0.960. The minimum atomic E-state index is -2.32. The van der Waals surface area contributed by atoms with Gasteiger partial charge in [-0.3, -0.25) is 5.41 Å². The van der Waals surface area contributed by atoms with Crippen LogP contribution in [0.4, 0.5) is 0 Å². The Hall–Kier alpha value is 0.831. The van der Waals surface area contributed by atoms with Crippen molar-refractivity contribution in [3.63, 3.8) is 0 Å². The zero-order valence-electron chi connectivity index (χ0n) is 25.7. The number of hydrogen-bond acceptors (Lipinski definition) is 6. The predicted molar refractivity (Wildman–Crippen MR) is 165 cm³/mol. The maximum absolute atomic E-state index is 8.24. The minimum Gasteiger partial charge on any atom is -0.445 e. The van der Waals surface area contributed by atoms with Crippen molar-refractivity contribution in [2.24, 2.45) is 0 Å². The first kappa shape index (κ1) is 35.9. The quantitative estimate of drug-likeness (QED) is 0.125. The van der Waals surface area contributed by atoms with Gasteiger partial charge in [0.2, 0.25) is 12.2 Å². The van der Waals surface area contributed by atoms with Crippen LogP contribution in [0.25, 0.3) is 0 Å². The maximum Gasteiger partial charge on any atom is 0.265 e. The van der Waals surface area contributed by atoms with Crippen LogP contribution in [-0.4, -0.2) is 65.9 Å². The van der Waals surface area contributed by atoms with Crippen LogP contribution >= 0.6 is 34.8 Å². The third-order valence-electron chi connectivity index (χ3n) is 8.65. The molecule has 0 spiro atoms. The number of nitrogens with one attached hydrogen (secondary N) is 1. The zero-order valence-corrected chi connectivity index (χ0v) is 31.0. The maximum atomic E-state index is 8.24. The molecule has 1 aliphatic heterocycles. The Morgan fingerprint density at radius 3 is 1.43 bits per heavy atom. The van der Waals surface area contributed by atoms with Crippen LogP contribution in [0.1, 0.15) is 62.3 Å². The highest BCUT2D eigenvalue weighted by atomic mass is 35.6. The van der Waals surface area contributed by atoms with Gasteiger partial charge in [0.05, 0.1) is 6.61 Å². The first-order valence-electron chi connectivity index (χ1n) is 13.0. The van der Waals surface area contributed by atoms with Crippen LogP contribution in [0.5, 0.6) is 0 Å². The molecule has 2 unspecified atom stereocenters. The molecule has 0 aromatic heterocycles. The van der Waals surface area contributed by atoms with E-state index in [-0.39, 0.29) is 15.1 Å². The van der Waals surface area contributed by atoms with Gasteiger partial charge in [-0.25, -0.2) is 0 Å². The highest BCUT2D eigenvalue weighted by molar-refractivity contribution is 6.76. The van der Waals surface area contributed by atoms with E-state index in [1.54, 1.807) is 0 Å². The zero-order chi connectivity index (χ0) is 29.6. The van der Waals surface area contributed by atoms with Crippen molar-refractivity contribution in [3.05, 3.63) is 0 Å². The van der Waals surface area contributed by atoms with Gasteiger partial charge >= 0.3 is 0 Å². The van der Waals surface area contributed by atoms with Gasteiger partial charge in [0, 0.05) is 0 Å². The molecular weight excluding hydrogens is 585 g/mol. The second kappa shape index (κ2) is 11.6. The van der Waals surface area contributed by atoms with Gasteiger partial charge in [-0.15, -0.1) is 0 Å². The smallest absolute Gasteiger partial charge is 0.265 e. The third-order valence-corrected chi connectivity index (χ3v) is 22.6.